The highest BCUT2D eigenvalue weighted by molar-refractivity contribution is 4.97. The van der Waals surface area contributed by atoms with Crippen molar-refractivity contribution in [2.24, 2.45) is 17.3 Å². The van der Waals surface area contributed by atoms with Crippen molar-refractivity contribution in [3.05, 3.63) is 0 Å². The summed E-state index contributed by atoms with van der Waals surface area (Å²) in [6.07, 6.45) is 8.98. The van der Waals surface area contributed by atoms with Crippen molar-refractivity contribution < 1.29 is 0 Å². The fourth-order valence-corrected chi connectivity index (χ4v) is 3.86. The summed E-state index contributed by atoms with van der Waals surface area (Å²) in [6.45, 7) is 12.1. The first-order valence-corrected chi connectivity index (χ1v) is 7.75. The Balaban J connectivity index is 1.69. The molecule has 0 aromatic carbocycles. The van der Waals surface area contributed by atoms with E-state index in [0.29, 0.717) is 0 Å². The molecule has 1 heterocycles. The van der Waals surface area contributed by atoms with Gasteiger partial charge in [0.1, 0.15) is 0 Å². The maximum Gasteiger partial charge on any atom is 0.00385 e. The number of hydrogen-bond donors (Lipinski definition) is 0. The molecule has 2 fully saturated rings. The van der Waals surface area contributed by atoms with Crippen LogP contribution >= 0.6 is 0 Å². The molecule has 1 nitrogen and oxygen atoms in total. The molecule has 1 spiro atoms. The molecule has 0 bridgehead atoms. The van der Waals surface area contributed by atoms with Crippen LogP contribution in [-0.4, -0.2) is 24.0 Å². The van der Waals surface area contributed by atoms with Crippen LogP contribution in [0.1, 0.15) is 66.2 Å². The Kier molecular flexibility index (Phi) is 4.18. The quantitative estimate of drug-likeness (QED) is 0.703. The van der Waals surface area contributed by atoms with Gasteiger partial charge in [-0.1, -0.05) is 26.7 Å². The minimum absolute atomic E-state index is 0.754. The molecule has 100 valence electrons. The van der Waals surface area contributed by atoms with Gasteiger partial charge < -0.3 is 4.90 Å². The van der Waals surface area contributed by atoms with Crippen molar-refractivity contribution in [3.63, 3.8) is 0 Å². The summed E-state index contributed by atoms with van der Waals surface area (Å²) in [4.78, 5) is 2.66. The van der Waals surface area contributed by atoms with E-state index in [4.69, 9.17) is 0 Å². The van der Waals surface area contributed by atoms with Crippen LogP contribution in [0.3, 0.4) is 0 Å². The summed E-state index contributed by atoms with van der Waals surface area (Å²) in [7, 11) is 0. The van der Waals surface area contributed by atoms with E-state index in [2.05, 4.69) is 32.6 Å². The molecular weight excluding hydrogens is 206 g/mol. The molecule has 0 N–H and O–H groups in total. The maximum atomic E-state index is 2.66. The lowest BCUT2D eigenvalue weighted by Crippen LogP contribution is -2.48. The Bertz CT molecular complexity index is 228. The van der Waals surface area contributed by atoms with E-state index >= 15 is 0 Å². The summed E-state index contributed by atoms with van der Waals surface area (Å²) < 4.78 is 0. The van der Waals surface area contributed by atoms with E-state index < -0.39 is 0 Å². The Morgan fingerprint density at radius 3 is 2.12 bits per heavy atom. The molecule has 1 saturated carbocycles. The molecule has 2 aliphatic rings. The molecule has 0 aromatic heterocycles. The topological polar surface area (TPSA) is 3.24 Å². The third-order valence-electron chi connectivity index (χ3n) is 5.18. The summed E-state index contributed by atoms with van der Waals surface area (Å²) in [6, 6.07) is 0.754. The molecular formula is C16H31N. The Hall–Kier alpha value is -0.0400. The summed E-state index contributed by atoms with van der Waals surface area (Å²) >= 11 is 0. The molecule has 0 aromatic rings. The molecule has 1 heteroatoms. The van der Waals surface area contributed by atoms with Crippen molar-refractivity contribution in [2.75, 3.05) is 13.1 Å². The monoisotopic (exact) mass is 237 g/mol. The maximum absolute atomic E-state index is 2.66. The first-order valence-electron chi connectivity index (χ1n) is 7.75. The fourth-order valence-electron chi connectivity index (χ4n) is 3.86. The standard InChI is InChI=1S/C16H31N/c1-13(2)5-6-15-11-16(12-15)7-9-17(10-8-16)14(3)4/h13-15H,5-12H2,1-4H3. The van der Waals surface area contributed by atoms with Crippen molar-refractivity contribution >= 4 is 0 Å². The highest BCUT2D eigenvalue weighted by Gasteiger charge is 2.45. The molecule has 0 radical (unpaired) electrons. The largest absolute Gasteiger partial charge is 0.301 e. The number of likely N-dealkylation sites (tertiary alicyclic amines) is 1. The van der Waals surface area contributed by atoms with E-state index in [9.17, 15) is 0 Å². The van der Waals surface area contributed by atoms with Crippen molar-refractivity contribution in [3.8, 4) is 0 Å². The van der Waals surface area contributed by atoms with Crippen LogP contribution in [0.25, 0.3) is 0 Å². The predicted molar refractivity (Wildman–Crippen MR) is 75.2 cm³/mol. The predicted octanol–water partition coefficient (Wildman–Crippen LogP) is 4.32. The third-order valence-corrected chi connectivity index (χ3v) is 5.18. The first kappa shape index (κ1) is 13.4. The molecule has 1 saturated heterocycles. The van der Waals surface area contributed by atoms with E-state index in [0.717, 1.165) is 23.3 Å². The molecule has 0 atom stereocenters. The average Bonchev–Trinajstić information content (AvgIpc) is 2.23. The average molecular weight is 237 g/mol. The number of hydrogen-bond acceptors (Lipinski definition) is 1. The molecule has 0 unspecified atom stereocenters. The minimum atomic E-state index is 0.754. The van der Waals surface area contributed by atoms with Crippen molar-refractivity contribution in [1.29, 1.82) is 0 Å². The summed E-state index contributed by atoms with van der Waals surface area (Å²) in [5.74, 6) is 1.97. The van der Waals surface area contributed by atoms with Gasteiger partial charge in [0.2, 0.25) is 0 Å². The van der Waals surface area contributed by atoms with Gasteiger partial charge in [0.05, 0.1) is 0 Å². The van der Waals surface area contributed by atoms with Crippen LogP contribution < -0.4 is 0 Å². The number of rotatable bonds is 4. The molecule has 1 aliphatic carbocycles. The van der Waals surface area contributed by atoms with Crippen LogP contribution in [0.4, 0.5) is 0 Å². The lowest BCUT2D eigenvalue weighted by Gasteiger charge is -2.53. The number of piperidine rings is 1. The molecule has 17 heavy (non-hydrogen) atoms. The zero-order chi connectivity index (χ0) is 12.5. The van der Waals surface area contributed by atoms with Crippen LogP contribution in [0.15, 0.2) is 0 Å². The van der Waals surface area contributed by atoms with Gasteiger partial charge in [0.15, 0.2) is 0 Å². The first-order chi connectivity index (χ1) is 8.01. The number of nitrogens with zero attached hydrogens (tertiary/aromatic N) is 1. The van der Waals surface area contributed by atoms with Gasteiger partial charge in [0, 0.05) is 6.04 Å². The zero-order valence-electron chi connectivity index (χ0n) is 12.3. The second kappa shape index (κ2) is 5.30. The van der Waals surface area contributed by atoms with Gasteiger partial charge in [0.25, 0.3) is 0 Å². The second-order valence-electron chi connectivity index (χ2n) is 7.38. The lowest BCUT2D eigenvalue weighted by atomic mass is 9.56. The van der Waals surface area contributed by atoms with Gasteiger partial charge in [-0.2, -0.15) is 0 Å². The normalized spacial score (nSPS) is 25.8. The van der Waals surface area contributed by atoms with E-state index in [1.807, 2.05) is 0 Å². The van der Waals surface area contributed by atoms with Gasteiger partial charge in [-0.05, 0) is 69.9 Å². The molecule has 2 rings (SSSR count). The Morgan fingerprint density at radius 1 is 1.06 bits per heavy atom. The summed E-state index contributed by atoms with van der Waals surface area (Å²) in [5, 5.41) is 0. The van der Waals surface area contributed by atoms with Gasteiger partial charge in [-0.25, -0.2) is 0 Å². The van der Waals surface area contributed by atoms with Crippen LogP contribution in [-0.2, 0) is 0 Å². The Labute approximate surface area is 108 Å². The van der Waals surface area contributed by atoms with Crippen LogP contribution in [0, 0.1) is 17.3 Å². The molecule has 1 aliphatic heterocycles. The summed E-state index contributed by atoms with van der Waals surface area (Å²) in [5.41, 5.74) is 0.785. The minimum Gasteiger partial charge on any atom is -0.301 e. The van der Waals surface area contributed by atoms with Crippen molar-refractivity contribution in [1.82, 2.24) is 4.90 Å². The van der Waals surface area contributed by atoms with Crippen molar-refractivity contribution in [2.45, 2.75) is 72.3 Å². The Morgan fingerprint density at radius 2 is 1.65 bits per heavy atom. The van der Waals surface area contributed by atoms with Gasteiger partial charge in [-0.3, -0.25) is 0 Å². The van der Waals surface area contributed by atoms with Crippen LogP contribution in [0.5, 0.6) is 0 Å². The van der Waals surface area contributed by atoms with Gasteiger partial charge >= 0.3 is 0 Å². The van der Waals surface area contributed by atoms with E-state index in [1.54, 1.807) is 12.8 Å². The molecule has 0 amide bonds. The smallest absolute Gasteiger partial charge is 0.00385 e. The fraction of sp³-hybridized carbons (Fsp3) is 1.00. The lowest BCUT2D eigenvalue weighted by molar-refractivity contribution is -0.0246. The highest BCUT2D eigenvalue weighted by atomic mass is 15.2. The third kappa shape index (κ3) is 3.24. The van der Waals surface area contributed by atoms with E-state index in [1.165, 1.54) is 38.8 Å². The SMILES string of the molecule is CC(C)CCC1CC2(CCN(C(C)C)CC2)C1. The highest BCUT2D eigenvalue weighted by Crippen LogP contribution is 2.54. The van der Waals surface area contributed by atoms with E-state index in [-0.39, 0.29) is 0 Å². The zero-order valence-corrected chi connectivity index (χ0v) is 12.3. The van der Waals surface area contributed by atoms with Gasteiger partial charge in [-0.15, -0.1) is 0 Å². The second-order valence-corrected chi connectivity index (χ2v) is 7.38. The van der Waals surface area contributed by atoms with Crippen LogP contribution in [0.2, 0.25) is 0 Å².